The summed E-state index contributed by atoms with van der Waals surface area (Å²) in [6.45, 7) is 15.2. The van der Waals surface area contributed by atoms with Gasteiger partial charge in [0.25, 0.3) is 5.91 Å². The smallest absolute Gasteiger partial charge is 0.305 e. The number of hydrogen-bond acceptors (Lipinski definition) is 4. The Kier molecular flexibility index (Phi) is 10.3. The first-order valence-corrected chi connectivity index (χ1v) is 16.4. The van der Waals surface area contributed by atoms with Gasteiger partial charge in [0.1, 0.15) is 5.82 Å². The number of carbonyl (C=O) groups excluding carboxylic acids is 1. The molecule has 2 unspecified atom stereocenters. The Labute approximate surface area is 287 Å². The number of carboxylic acid groups (broad SMARTS) is 1. The summed E-state index contributed by atoms with van der Waals surface area (Å²) in [6.07, 6.45) is -3.16. The zero-order valence-electron chi connectivity index (χ0n) is 32.0. The van der Waals surface area contributed by atoms with Crippen molar-refractivity contribution in [1.82, 2.24) is 4.57 Å². The van der Waals surface area contributed by atoms with E-state index in [4.69, 9.17) is 4.11 Å². The van der Waals surface area contributed by atoms with Crippen LogP contribution in [0.25, 0.3) is 22.4 Å². The first kappa shape index (κ1) is 32.3. The molecule has 48 heavy (non-hydrogen) atoms. The van der Waals surface area contributed by atoms with Gasteiger partial charge in [-0.2, -0.15) is 0 Å². The number of carboxylic acids is 1. The highest BCUT2D eigenvalue weighted by Crippen LogP contribution is 2.47. The van der Waals surface area contributed by atoms with Crippen molar-refractivity contribution < 1.29 is 33.4 Å². The average molecular weight is 660 g/mol. The Bertz CT molecular complexity index is 1930. The molecule has 0 fully saturated rings. The lowest BCUT2D eigenvalue weighted by molar-refractivity contribution is -0.139. The molecule has 3 aromatic carbocycles. The second kappa shape index (κ2) is 15.3. The second-order valence-corrected chi connectivity index (χ2v) is 13.4. The van der Waals surface area contributed by atoms with Crippen LogP contribution in [0.2, 0.25) is 0 Å². The van der Waals surface area contributed by atoms with E-state index < -0.39 is 60.5 Å². The van der Waals surface area contributed by atoms with E-state index in [0.29, 0.717) is 33.8 Å². The number of aryl methyl sites for hydroxylation is 3. The van der Waals surface area contributed by atoms with Crippen LogP contribution in [0.15, 0.2) is 60.6 Å². The molecule has 0 aliphatic carbocycles. The maximum Gasteiger partial charge on any atom is 0.305 e. The van der Waals surface area contributed by atoms with Crippen molar-refractivity contribution in [3.63, 3.8) is 0 Å². The molecule has 0 bridgehead atoms. The highest BCUT2D eigenvalue weighted by molar-refractivity contribution is 6.12. The monoisotopic (exact) mass is 659 g/mol. The van der Waals surface area contributed by atoms with Crippen molar-refractivity contribution in [3.8, 4) is 22.4 Å². The van der Waals surface area contributed by atoms with Gasteiger partial charge in [-0.15, -0.1) is 0 Å². The number of aliphatic carboxylic acids is 1. The summed E-state index contributed by atoms with van der Waals surface area (Å²) in [5.74, 6) is -3.04. The van der Waals surface area contributed by atoms with Crippen LogP contribution >= 0.6 is 0 Å². The van der Waals surface area contributed by atoms with Crippen LogP contribution in [0.4, 0.5) is 10.1 Å². The summed E-state index contributed by atoms with van der Waals surface area (Å²) < 4.78 is 43.2. The van der Waals surface area contributed by atoms with Crippen molar-refractivity contribution in [1.29, 1.82) is 0 Å². The number of nitrogens with one attached hydrogen (secondary N) is 1. The van der Waals surface area contributed by atoms with Gasteiger partial charge in [-0.3, -0.25) is 9.59 Å². The number of aliphatic hydroxyl groups excluding tert-OH is 2. The first-order valence-electron chi connectivity index (χ1n) is 17.9. The van der Waals surface area contributed by atoms with Crippen LogP contribution in [0.3, 0.4) is 0 Å². The Morgan fingerprint density at radius 1 is 0.917 bits per heavy atom. The Balaban J connectivity index is 2.17. The third-order valence-electron chi connectivity index (χ3n) is 9.19. The molecule has 4 atom stereocenters. The lowest BCUT2D eigenvalue weighted by Gasteiger charge is -2.28. The number of aromatic nitrogens is 1. The van der Waals surface area contributed by atoms with Crippen molar-refractivity contribution in [2.45, 2.75) is 98.8 Å². The summed E-state index contributed by atoms with van der Waals surface area (Å²) in [4.78, 5) is 26.1. The number of rotatable bonds is 13. The number of anilines is 1. The van der Waals surface area contributed by atoms with Gasteiger partial charge < -0.3 is 25.2 Å². The highest BCUT2D eigenvalue weighted by Gasteiger charge is 2.35. The predicted molar refractivity (Wildman–Crippen MR) is 190 cm³/mol. The van der Waals surface area contributed by atoms with Gasteiger partial charge >= 0.3 is 5.97 Å². The molecule has 4 aromatic rings. The van der Waals surface area contributed by atoms with E-state index in [2.05, 4.69) is 5.32 Å². The van der Waals surface area contributed by atoms with Gasteiger partial charge in [0.15, 0.2) is 0 Å². The molecule has 0 saturated heterocycles. The number of aliphatic hydroxyl groups is 2. The van der Waals surface area contributed by atoms with Crippen molar-refractivity contribution in [3.05, 3.63) is 99.9 Å². The van der Waals surface area contributed by atoms with Crippen LogP contribution in [-0.2, 0) is 4.79 Å². The normalized spacial score (nSPS) is 15.0. The Morgan fingerprint density at radius 3 is 2.25 bits per heavy atom. The maximum atomic E-state index is 15.2. The predicted octanol–water partition coefficient (Wildman–Crippen LogP) is 8.74. The molecule has 7 nitrogen and oxygen atoms in total. The van der Waals surface area contributed by atoms with Crippen LogP contribution in [0.5, 0.6) is 0 Å². The van der Waals surface area contributed by atoms with Crippen molar-refractivity contribution >= 4 is 17.6 Å². The molecule has 256 valence electrons. The molecule has 0 spiro atoms. The van der Waals surface area contributed by atoms with Gasteiger partial charge in [0.05, 0.1) is 34.0 Å². The molecule has 0 aliphatic rings. The van der Waals surface area contributed by atoms with E-state index >= 15 is 4.39 Å². The van der Waals surface area contributed by atoms with Crippen LogP contribution in [0.1, 0.15) is 101 Å². The molecular formula is C40H49FN2O5. The van der Waals surface area contributed by atoms with E-state index in [-0.39, 0.29) is 35.8 Å². The molecule has 1 aromatic heterocycles. The van der Waals surface area contributed by atoms with E-state index in [9.17, 15) is 24.9 Å². The quantitative estimate of drug-likeness (QED) is 0.115. The Morgan fingerprint density at radius 2 is 1.62 bits per heavy atom. The molecule has 4 rings (SSSR count). The first-order chi connectivity index (χ1) is 23.8. The van der Waals surface area contributed by atoms with Crippen LogP contribution in [0, 0.1) is 39.4 Å². The van der Waals surface area contributed by atoms with Gasteiger partial charge in [0.2, 0.25) is 0 Å². The average Bonchev–Trinajstić information content (AvgIpc) is 3.39. The number of hydrogen-bond donors (Lipinski definition) is 4. The van der Waals surface area contributed by atoms with Gasteiger partial charge in [-0.05, 0) is 112 Å². The molecule has 8 heteroatoms. The SMILES string of the molecule is [2H]c1c([2H])c(-c2c(-c3cccc(C)c3)c(C(=O)Nc3ccc(C)c(C)c3)c(C(C)C(C)C)n2C(C)C[C@@H](O)C[C@@H](O)CC(=O)O)c(C)c([2H])c1F. The third-order valence-corrected chi connectivity index (χ3v) is 9.19. The fourth-order valence-electron chi connectivity index (χ4n) is 6.30. The number of nitrogens with zero attached hydrogens (tertiary/aromatic N) is 1. The number of benzene rings is 3. The minimum atomic E-state index is -1.29. The van der Waals surface area contributed by atoms with E-state index in [1.165, 1.54) is 6.92 Å². The lowest BCUT2D eigenvalue weighted by atomic mass is 9.88. The molecule has 1 amide bonds. The largest absolute Gasteiger partial charge is 0.481 e. The van der Waals surface area contributed by atoms with Crippen LogP contribution < -0.4 is 5.32 Å². The number of amides is 1. The van der Waals surface area contributed by atoms with E-state index in [1.807, 2.05) is 95.5 Å². The van der Waals surface area contributed by atoms with E-state index in [0.717, 1.165) is 16.7 Å². The van der Waals surface area contributed by atoms with Crippen molar-refractivity contribution in [2.75, 3.05) is 5.32 Å². The molecule has 0 saturated carbocycles. The topological polar surface area (TPSA) is 112 Å². The number of carbonyl (C=O) groups is 2. The summed E-state index contributed by atoms with van der Waals surface area (Å²) in [6, 6.07) is 10.8. The van der Waals surface area contributed by atoms with Crippen molar-refractivity contribution in [2.24, 2.45) is 5.92 Å². The minimum Gasteiger partial charge on any atom is -0.481 e. The molecule has 1 heterocycles. The van der Waals surface area contributed by atoms with E-state index in [1.54, 1.807) is 0 Å². The third kappa shape index (κ3) is 8.23. The van der Waals surface area contributed by atoms with Gasteiger partial charge in [-0.1, -0.05) is 56.7 Å². The van der Waals surface area contributed by atoms with Gasteiger partial charge in [0, 0.05) is 28.6 Å². The fourth-order valence-corrected chi connectivity index (χ4v) is 6.30. The minimum absolute atomic E-state index is 0.0113. The fraction of sp³-hybridized carbons (Fsp3) is 0.400. The van der Waals surface area contributed by atoms with Crippen LogP contribution in [-0.4, -0.2) is 44.0 Å². The summed E-state index contributed by atoms with van der Waals surface area (Å²) in [5.41, 5.74) is 6.07. The standard InChI is InChI=1S/C40H49FN2O5/c1-22(2)28(8)38-37(40(48)42-31-14-12-24(4)25(5)18-31)36(29-11-9-10-23(3)16-29)39(34-15-13-30(41)17-26(34)6)43(38)27(7)19-32(44)20-33(45)21-35(46)47/h9-18,22,27-28,32-33,44-45H,19-21H2,1-8H3,(H,42,48)(H,46,47)/t27?,28?,32-,33-/m1/s1/i13D,15D,17D. The summed E-state index contributed by atoms with van der Waals surface area (Å²) in [7, 11) is 0. The number of halogens is 1. The molecule has 0 aliphatic heterocycles. The zero-order chi connectivity index (χ0) is 38.1. The molecule has 0 radical (unpaired) electrons. The summed E-state index contributed by atoms with van der Waals surface area (Å²) in [5, 5.41) is 33.8. The van der Waals surface area contributed by atoms with Gasteiger partial charge in [-0.25, -0.2) is 4.39 Å². The maximum absolute atomic E-state index is 15.2. The zero-order valence-corrected chi connectivity index (χ0v) is 29.0. The Hall–Kier alpha value is -4.27. The molecular weight excluding hydrogens is 607 g/mol. The second-order valence-electron chi connectivity index (χ2n) is 13.4. The summed E-state index contributed by atoms with van der Waals surface area (Å²) >= 11 is 0. The molecule has 4 N–H and O–H groups in total. The lowest BCUT2D eigenvalue weighted by Crippen LogP contribution is -2.25. The highest BCUT2D eigenvalue weighted by atomic mass is 19.1.